The van der Waals surface area contributed by atoms with Crippen LogP contribution >= 0.6 is 0 Å². The van der Waals surface area contributed by atoms with Crippen molar-refractivity contribution in [2.75, 3.05) is 13.1 Å². The fourth-order valence-electron chi connectivity index (χ4n) is 5.23. The number of esters is 1. The minimum Gasteiger partial charge on any atom is -0.455 e. The number of aryl methyl sites for hydroxylation is 1. The van der Waals surface area contributed by atoms with Gasteiger partial charge < -0.3 is 15.4 Å². The van der Waals surface area contributed by atoms with Gasteiger partial charge in [0, 0.05) is 24.5 Å². The van der Waals surface area contributed by atoms with Crippen molar-refractivity contribution in [1.29, 1.82) is 0 Å². The maximum absolute atomic E-state index is 13.3. The monoisotopic (exact) mass is 549 g/mol. The third-order valence-corrected chi connectivity index (χ3v) is 7.69. The lowest BCUT2D eigenvalue weighted by Crippen LogP contribution is -2.58. The minimum absolute atomic E-state index is 0.101. The number of benzene rings is 1. The van der Waals surface area contributed by atoms with Gasteiger partial charge in [-0.25, -0.2) is 15.4 Å². The molecule has 1 fully saturated rings. The van der Waals surface area contributed by atoms with E-state index >= 15 is 0 Å². The number of nitrogens with one attached hydrogen (secondary N) is 3. The normalized spacial score (nSPS) is 29.0. The number of pyridine rings is 1. The standard InChI is InChI=1S/C31H43N5O4/c1-18(2)26-28(37)32-20(4)17-36-14-8-9-24(35-36)29(38)40-21(5)27-19(3)15-23-11-10-22(16-25(23)33-27)12-13-31(6,7)30(39)34-26/h10-13,15-16,18,20-21,24,26,35H,8-9,14,17H2,1-7H3,(H,32,37)(H,34,39)/b13-12+/t20-,21+,24-,26-/m0/s1. The van der Waals surface area contributed by atoms with Crippen molar-refractivity contribution in [3.05, 3.63) is 47.2 Å². The third kappa shape index (κ3) is 6.88. The highest BCUT2D eigenvalue weighted by Crippen LogP contribution is 2.27. The van der Waals surface area contributed by atoms with Crippen LogP contribution in [0, 0.1) is 18.3 Å². The fourth-order valence-corrected chi connectivity index (χ4v) is 5.23. The Morgan fingerprint density at radius 2 is 1.85 bits per heavy atom. The van der Waals surface area contributed by atoms with E-state index in [1.807, 2.05) is 83.8 Å². The van der Waals surface area contributed by atoms with Gasteiger partial charge in [-0.05, 0) is 76.6 Å². The first kappa shape index (κ1) is 29.7. The molecule has 1 aromatic heterocycles. The molecule has 2 aliphatic rings. The molecule has 3 heterocycles. The molecular formula is C31H43N5O4. The van der Waals surface area contributed by atoms with Crippen LogP contribution in [-0.4, -0.2) is 59.0 Å². The number of ether oxygens (including phenoxy) is 1. The first-order valence-corrected chi connectivity index (χ1v) is 14.3. The molecule has 5 bridgehead atoms. The Morgan fingerprint density at radius 3 is 2.58 bits per heavy atom. The van der Waals surface area contributed by atoms with Gasteiger partial charge in [0.2, 0.25) is 11.8 Å². The van der Waals surface area contributed by atoms with E-state index < -0.39 is 23.6 Å². The number of amides is 2. The quantitative estimate of drug-likeness (QED) is 0.464. The van der Waals surface area contributed by atoms with Crippen LogP contribution in [-0.2, 0) is 19.1 Å². The SMILES string of the molecule is Cc1cc2ccc3cc2nc1[C@@H](C)OC(=O)[C@@H]1CCCN(C[C@H](C)NC(=O)[C@H](C(C)C)NC(=O)C(C)(C)/C=C/3)N1. The van der Waals surface area contributed by atoms with E-state index in [0.717, 1.165) is 40.7 Å². The number of hydrazine groups is 1. The molecule has 0 radical (unpaired) electrons. The maximum atomic E-state index is 13.3. The molecule has 2 amide bonds. The van der Waals surface area contributed by atoms with E-state index in [0.29, 0.717) is 13.0 Å². The van der Waals surface area contributed by atoms with E-state index in [9.17, 15) is 14.4 Å². The Hall–Kier alpha value is -3.30. The van der Waals surface area contributed by atoms with E-state index in [2.05, 4.69) is 22.1 Å². The van der Waals surface area contributed by atoms with Crippen LogP contribution in [0.1, 0.15) is 77.3 Å². The summed E-state index contributed by atoms with van der Waals surface area (Å²) in [6, 6.07) is 6.64. The van der Waals surface area contributed by atoms with Gasteiger partial charge in [-0.1, -0.05) is 38.1 Å². The predicted molar refractivity (Wildman–Crippen MR) is 156 cm³/mol. The summed E-state index contributed by atoms with van der Waals surface area (Å²) >= 11 is 0. The molecule has 2 aromatic rings. The van der Waals surface area contributed by atoms with E-state index in [1.165, 1.54) is 0 Å². The second kappa shape index (κ2) is 12.1. The van der Waals surface area contributed by atoms with Crippen LogP contribution in [0.25, 0.3) is 17.0 Å². The van der Waals surface area contributed by atoms with Crippen LogP contribution in [0.3, 0.4) is 0 Å². The van der Waals surface area contributed by atoms with Crippen LogP contribution < -0.4 is 16.1 Å². The van der Waals surface area contributed by atoms with Gasteiger partial charge in [0.05, 0.1) is 16.6 Å². The van der Waals surface area contributed by atoms with Crippen LogP contribution in [0.4, 0.5) is 0 Å². The number of aromatic nitrogens is 1. The zero-order valence-corrected chi connectivity index (χ0v) is 24.7. The average molecular weight is 550 g/mol. The zero-order valence-electron chi connectivity index (χ0n) is 24.7. The van der Waals surface area contributed by atoms with Crippen molar-refractivity contribution in [2.45, 2.75) is 85.5 Å². The molecule has 1 saturated heterocycles. The summed E-state index contributed by atoms with van der Waals surface area (Å²) in [6.45, 7) is 14.5. The van der Waals surface area contributed by atoms with Crippen LogP contribution in [0.2, 0.25) is 0 Å². The topological polar surface area (TPSA) is 113 Å². The second-order valence-corrected chi connectivity index (χ2v) is 12.2. The number of hydrogen-bond acceptors (Lipinski definition) is 7. The molecule has 1 aromatic carbocycles. The van der Waals surface area contributed by atoms with E-state index in [1.54, 1.807) is 0 Å². The number of nitrogens with zero attached hydrogens (tertiary/aromatic N) is 2. The van der Waals surface area contributed by atoms with Gasteiger partial charge in [0.1, 0.15) is 18.2 Å². The number of cyclic esters (lactones) is 1. The molecule has 9 heteroatoms. The van der Waals surface area contributed by atoms with E-state index in [4.69, 9.17) is 9.72 Å². The number of rotatable bonds is 1. The molecule has 0 spiro atoms. The molecule has 2 aliphatic heterocycles. The molecule has 4 rings (SSSR count). The largest absolute Gasteiger partial charge is 0.455 e. The highest BCUT2D eigenvalue weighted by atomic mass is 16.5. The first-order chi connectivity index (χ1) is 18.8. The number of carbonyl (C=O) groups is 3. The molecular weight excluding hydrogens is 506 g/mol. The molecule has 0 aliphatic carbocycles. The highest BCUT2D eigenvalue weighted by molar-refractivity contribution is 5.91. The molecule has 40 heavy (non-hydrogen) atoms. The lowest BCUT2D eigenvalue weighted by Gasteiger charge is -2.35. The molecule has 9 nitrogen and oxygen atoms in total. The van der Waals surface area contributed by atoms with Gasteiger partial charge >= 0.3 is 5.97 Å². The lowest BCUT2D eigenvalue weighted by atomic mass is 9.89. The summed E-state index contributed by atoms with van der Waals surface area (Å²) in [5.41, 5.74) is 5.78. The van der Waals surface area contributed by atoms with Gasteiger partial charge in [-0.15, -0.1) is 0 Å². The van der Waals surface area contributed by atoms with Crippen molar-refractivity contribution in [3.63, 3.8) is 0 Å². The van der Waals surface area contributed by atoms with E-state index in [-0.39, 0.29) is 29.7 Å². The lowest BCUT2D eigenvalue weighted by molar-refractivity contribution is -0.154. The molecule has 3 N–H and O–H groups in total. The van der Waals surface area contributed by atoms with Gasteiger partial charge in [0.25, 0.3) is 0 Å². The summed E-state index contributed by atoms with van der Waals surface area (Å²) in [5, 5.41) is 8.97. The Labute approximate surface area is 237 Å². The van der Waals surface area contributed by atoms with Crippen molar-refractivity contribution < 1.29 is 19.1 Å². The smallest absolute Gasteiger partial charge is 0.325 e. The summed E-state index contributed by atoms with van der Waals surface area (Å²) < 4.78 is 5.90. The Kier molecular flexibility index (Phi) is 8.95. The second-order valence-electron chi connectivity index (χ2n) is 12.2. The van der Waals surface area contributed by atoms with Gasteiger partial charge in [0.15, 0.2) is 0 Å². The first-order valence-electron chi connectivity index (χ1n) is 14.3. The van der Waals surface area contributed by atoms with Crippen LogP contribution in [0.15, 0.2) is 30.3 Å². The van der Waals surface area contributed by atoms with Crippen LogP contribution in [0.5, 0.6) is 0 Å². The van der Waals surface area contributed by atoms with Gasteiger partial charge in [-0.3, -0.25) is 14.4 Å². The predicted octanol–water partition coefficient (Wildman–Crippen LogP) is 3.81. The zero-order chi connectivity index (χ0) is 29.2. The van der Waals surface area contributed by atoms with Crippen molar-refractivity contribution >= 4 is 34.8 Å². The maximum Gasteiger partial charge on any atom is 0.325 e. The fraction of sp³-hybridized carbons (Fsp3) is 0.548. The van der Waals surface area contributed by atoms with Crippen molar-refractivity contribution in [2.24, 2.45) is 11.3 Å². The average Bonchev–Trinajstić information content (AvgIpc) is 2.89. The number of hydrogen-bond donors (Lipinski definition) is 3. The minimum atomic E-state index is -0.853. The van der Waals surface area contributed by atoms with Crippen molar-refractivity contribution in [1.82, 2.24) is 26.1 Å². The molecule has 216 valence electrons. The number of carbonyl (C=O) groups excluding carboxylic acids is 3. The molecule has 1 unspecified atom stereocenters. The summed E-state index contributed by atoms with van der Waals surface area (Å²) in [5.74, 6) is -0.869. The summed E-state index contributed by atoms with van der Waals surface area (Å²) in [7, 11) is 0. The van der Waals surface area contributed by atoms with Crippen molar-refractivity contribution in [3.8, 4) is 0 Å². The molecule has 5 atom stereocenters. The van der Waals surface area contributed by atoms with Gasteiger partial charge in [-0.2, -0.15) is 0 Å². The summed E-state index contributed by atoms with van der Waals surface area (Å²) in [4.78, 5) is 44.6. The summed E-state index contributed by atoms with van der Waals surface area (Å²) in [6.07, 6.45) is 4.72. The molecule has 0 saturated carbocycles. The Morgan fingerprint density at radius 1 is 1.10 bits per heavy atom. The Balaban J connectivity index is 1.70. The number of fused-ring (bicyclic) bond motifs is 4. The Bertz CT molecular complexity index is 1300. The highest BCUT2D eigenvalue weighted by Gasteiger charge is 2.33. The third-order valence-electron chi connectivity index (χ3n) is 7.69.